The van der Waals surface area contributed by atoms with Gasteiger partial charge in [-0.3, -0.25) is 14.6 Å². The van der Waals surface area contributed by atoms with Crippen molar-refractivity contribution in [1.82, 2.24) is 10.3 Å². The molecule has 0 aromatic heterocycles. The number of nitrogens with two attached hydrogens (primary N) is 5. The van der Waals surface area contributed by atoms with E-state index in [0.717, 1.165) is 19.4 Å². The van der Waals surface area contributed by atoms with E-state index < -0.39 is 180 Å². The number of hydrogen-bond acceptors (Lipinski definition) is 34. The van der Waals surface area contributed by atoms with Crippen LogP contribution in [0.5, 0.6) is 5.75 Å². The molecule has 73 heavy (non-hydrogen) atoms. The Morgan fingerprint density at radius 1 is 0.603 bits per heavy atom. The largest absolute Gasteiger partial charge is 0.462 e. The minimum atomic E-state index is -5.14. The summed E-state index contributed by atoms with van der Waals surface area (Å²) >= 11 is 0. The maximum absolute atomic E-state index is 13.2. The van der Waals surface area contributed by atoms with Gasteiger partial charge in [0.2, 0.25) is 18.1 Å². The van der Waals surface area contributed by atoms with Gasteiger partial charge in [-0.15, -0.1) is 0 Å². The van der Waals surface area contributed by atoms with E-state index in [4.69, 9.17) is 65.6 Å². The number of hydrogen-bond donors (Lipinski definition) is 13. The molecule has 2 amide bonds. The Labute approximate surface area is 412 Å². The van der Waals surface area contributed by atoms with Gasteiger partial charge in [0, 0.05) is 13.8 Å². The number of ether oxygens (including phenoxy) is 8. The first-order valence-electron chi connectivity index (χ1n) is 21.0. The quantitative estimate of drug-likeness (QED) is 0.0328. The van der Waals surface area contributed by atoms with Crippen LogP contribution in [0.2, 0.25) is 0 Å². The Morgan fingerprint density at radius 3 is 1.56 bits per heavy atom. The van der Waals surface area contributed by atoms with E-state index in [1.165, 1.54) is 12.1 Å². The number of carbonyl (C=O) groups excluding carboxylic acids is 4. The van der Waals surface area contributed by atoms with E-state index >= 15 is 0 Å². The zero-order valence-electron chi connectivity index (χ0n) is 38.0. The van der Waals surface area contributed by atoms with Gasteiger partial charge in [-0.05, 0) is 19.1 Å². The summed E-state index contributed by atoms with van der Waals surface area (Å²) in [6.07, 6.45) is -39.8. The molecule has 38 heteroatoms. The van der Waals surface area contributed by atoms with Gasteiger partial charge in [-0.1, -0.05) is 17.7 Å². The number of aliphatic hydroxyl groups is 7. The first-order valence-corrected chi connectivity index (χ1v) is 23.6. The molecule has 20 atom stereocenters. The zero-order valence-corrected chi connectivity index (χ0v) is 39.7. The lowest BCUT2D eigenvalue weighted by molar-refractivity contribution is -0.373. The van der Waals surface area contributed by atoms with Gasteiger partial charge in [-0.25, -0.2) is 23.8 Å². The molecule has 416 valence electrons. The summed E-state index contributed by atoms with van der Waals surface area (Å²) in [7, 11) is -10.0. The van der Waals surface area contributed by atoms with Crippen molar-refractivity contribution in [3.8, 4) is 5.75 Å². The van der Waals surface area contributed by atoms with Crippen molar-refractivity contribution in [2.75, 3.05) is 13.2 Å². The van der Waals surface area contributed by atoms with Crippen LogP contribution in [-0.4, -0.2) is 217 Å². The summed E-state index contributed by atoms with van der Waals surface area (Å²) in [5.74, 6) is 20.8. The summed E-state index contributed by atoms with van der Waals surface area (Å²) in [5, 5.41) is 81.7. The predicted molar refractivity (Wildman–Crippen MR) is 222 cm³/mol. The minimum Gasteiger partial charge on any atom is -0.462 e. The first kappa shape index (κ1) is 59.8. The fourth-order valence-electron chi connectivity index (χ4n) is 7.67. The van der Waals surface area contributed by atoms with Crippen molar-refractivity contribution in [2.45, 2.75) is 143 Å². The second-order valence-electron chi connectivity index (χ2n) is 16.2. The van der Waals surface area contributed by atoms with E-state index in [-0.39, 0.29) is 10.8 Å². The number of aryl methyl sites for hydroxylation is 1. The third-order valence-electron chi connectivity index (χ3n) is 11.3. The maximum atomic E-state index is 13.2. The normalized spacial score (nSPS) is 37.1. The Balaban J connectivity index is 1.47. The lowest BCUT2D eigenvalue weighted by atomic mass is 9.93. The topological polar surface area (TPSA) is 553 Å². The van der Waals surface area contributed by atoms with Gasteiger partial charge in [0.05, 0.1) is 13.2 Å². The molecule has 5 rings (SSSR count). The number of aliphatic hydroxyl groups excluding tert-OH is 7. The molecule has 4 aliphatic heterocycles. The summed E-state index contributed by atoms with van der Waals surface area (Å²) in [5.41, 5.74) is 0.804. The van der Waals surface area contributed by atoms with E-state index in [1.807, 2.05) is 0 Å². The van der Waals surface area contributed by atoms with E-state index in [0.29, 0.717) is 0 Å². The Bertz CT molecular complexity index is 2280. The molecule has 0 spiro atoms. The van der Waals surface area contributed by atoms with Crippen molar-refractivity contribution < 1.29 is 136 Å². The van der Waals surface area contributed by atoms with Crippen molar-refractivity contribution in [1.29, 1.82) is 0 Å². The van der Waals surface area contributed by atoms with Gasteiger partial charge in [-0.2, -0.15) is 49.0 Å². The fourth-order valence-corrected chi connectivity index (χ4v) is 8.38. The smallest absolute Gasteiger partial charge is 0.415 e. The number of nitrogens with one attached hydrogen (secondary N) is 1. The maximum Gasteiger partial charge on any atom is 0.415 e. The number of benzene rings is 1. The summed E-state index contributed by atoms with van der Waals surface area (Å²) in [6, 6.07) is 2.20. The van der Waals surface area contributed by atoms with E-state index in [2.05, 4.69) is 33.6 Å². The minimum absolute atomic E-state index is 0.0875. The molecule has 4 fully saturated rings. The highest BCUT2D eigenvalue weighted by Gasteiger charge is 2.59. The van der Waals surface area contributed by atoms with Crippen molar-refractivity contribution >= 4 is 44.6 Å². The van der Waals surface area contributed by atoms with E-state index in [9.17, 15) is 71.8 Å². The zero-order chi connectivity index (χ0) is 54.4. The van der Waals surface area contributed by atoms with Crippen LogP contribution in [0.15, 0.2) is 24.3 Å². The van der Waals surface area contributed by atoms with Crippen LogP contribution in [0.3, 0.4) is 0 Å². The van der Waals surface area contributed by atoms with Crippen LogP contribution in [0.1, 0.15) is 19.4 Å². The van der Waals surface area contributed by atoms with Crippen LogP contribution in [0.25, 0.3) is 0 Å². The lowest BCUT2D eigenvalue weighted by Crippen LogP contribution is -2.71. The van der Waals surface area contributed by atoms with Crippen LogP contribution >= 0.6 is 0 Å². The average molecular weight is 1100 g/mol. The fraction of sp³-hybridized carbons (Fsp3) is 0.714. The van der Waals surface area contributed by atoms with Gasteiger partial charge in [0.25, 0.3) is 0 Å². The Morgan fingerprint density at radius 2 is 1.07 bits per heavy atom. The molecule has 0 bridgehead atoms. The number of carbonyl (C=O) groups is 4. The van der Waals surface area contributed by atoms with Crippen LogP contribution in [0, 0.1) is 6.92 Å². The predicted octanol–water partition coefficient (Wildman–Crippen LogP) is -10.3. The molecule has 0 saturated carbocycles. The highest BCUT2D eigenvalue weighted by atomic mass is 32.3. The molecule has 4 heterocycles. The summed E-state index contributed by atoms with van der Waals surface area (Å²) in [6.45, 7) is 1.08. The number of rotatable bonds is 20. The van der Waals surface area contributed by atoms with E-state index in [1.54, 1.807) is 19.1 Å². The second-order valence-corrected chi connectivity index (χ2v) is 18.7. The molecule has 1 aromatic carbocycles. The third-order valence-corrected chi connectivity index (χ3v) is 12.6. The highest BCUT2D eigenvalue weighted by molar-refractivity contribution is 7.82. The van der Waals surface area contributed by atoms with Crippen LogP contribution < -0.4 is 39.5 Å². The Hall–Kier alpha value is -4.12. The van der Waals surface area contributed by atoms with Gasteiger partial charge in [0.15, 0.2) is 31.1 Å². The van der Waals surface area contributed by atoms with Crippen LogP contribution in [-0.2, 0) is 99.7 Å². The van der Waals surface area contributed by atoms with Gasteiger partial charge in [0.1, 0.15) is 91.1 Å². The first-order chi connectivity index (χ1) is 34.2. The molecular weight excluding hydrogens is 1050 g/mol. The van der Waals surface area contributed by atoms with Gasteiger partial charge >= 0.3 is 32.7 Å². The molecule has 8 unspecified atom stereocenters. The molecule has 18 N–H and O–H groups in total. The molecule has 36 nitrogen and oxygen atoms in total. The van der Waals surface area contributed by atoms with Crippen molar-refractivity contribution in [3.63, 3.8) is 0 Å². The monoisotopic (exact) mass is 1100 g/mol. The molecule has 1 aromatic rings. The third kappa shape index (κ3) is 14.2. The highest BCUT2D eigenvalue weighted by Crippen LogP contribution is 2.36. The van der Waals surface area contributed by atoms with Crippen molar-refractivity contribution in [2.24, 2.45) is 29.4 Å². The number of hydrazine groups is 1. The average Bonchev–Trinajstić information content (AvgIpc) is 3.35. The molecule has 0 radical (unpaired) electrons. The number of nitrogens with zero attached hydrogens (tertiary/aromatic N) is 1. The van der Waals surface area contributed by atoms with Crippen LogP contribution in [0.4, 0.5) is 0 Å². The molecule has 4 aliphatic rings. The molecular formula is C35H55N7O29S2. The molecule has 4 saturated heterocycles. The number of amides is 2. The Kier molecular flexibility index (Phi) is 20.6. The summed E-state index contributed by atoms with van der Waals surface area (Å²) in [4.78, 5) is 59.9. The van der Waals surface area contributed by atoms with Gasteiger partial charge < -0.3 is 88.6 Å². The van der Waals surface area contributed by atoms with Crippen molar-refractivity contribution in [3.05, 3.63) is 29.8 Å². The summed E-state index contributed by atoms with van der Waals surface area (Å²) < 4.78 is 110. The SMILES string of the molecule is CC(=O)NC1[C@H](O[C@H]2C(C(=O)ON)O[C@@H](O[C@@H]3C(COS(=O)(=O)ON)O[C@H](O[C@H]4C(C(=O)ON)O[C@@H](Oc5ccc(C)cc5)C(O)[C@@H]4O)C(N(N)C(C)=O)[C@H]3O)C(O)[C@@H]2O)OC(COS(=O)(=O)ON)[C@@H](O)[C@@H]1O. The molecule has 0 aliphatic carbocycles. The lowest BCUT2D eigenvalue weighted by Gasteiger charge is -2.50. The second kappa shape index (κ2) is 25.1. The standard InChI is InChI=1S/C35H55N7O29S2/c1-10-4-6-13(7-5-10)60-34-23(50)21(48)27(29(66-34)31(53)69-38)65-33-17(42(36)12(3)44)20(47)25(15(62-33)9-59-73(56,57)71-40)63-35-24(51)22(49)26(28(67-35)30(52)68-37)64-32-16(41-11(2)43)19(46)18(45)14(61-32)8-58-72(54,55)70-39/h4-7,14-29,32-35,45-51H,8-9,36-40H2,1-3H3,(H,41,43)/t14?,15?,16?,17?,18-,19-,20-,21+,22+,23?,24?,25-,26-,27-,28?,29?,32+,33-,34-,35-/m1/s1.